The third-order valence-corrected chi connectivity index (χ3v) is 6.77. The molecular formula is C29H30N2O2. The van der Waals surface area contributed by atoms with E-state index in [4.69, 9.17) is 0 Å². The van der Waals surface area contributed by atoms with Crippen molar-refractivity contribution >= 4 is 23.1 Å². The van der Waals surface area contributed by atoms with Gasteiger partial charge in [0.1, 0.15) is 0 Å². The highest BCUT2D eigenvalue weighted by Gasteiger charge is 2.43. The van der Waals surface area contributed by atoms with Crippen molar-refractivity contribution in [3.8, 4) is 0 Å². The highest BCUT2D eigenvalue weighted by atomic mass is 16.1. The number of hydrogen-bond donors (Lipinski definition) is 1. The maximum absolute atomic E-state index is 13.8. The molecule has 33 heavy (non-hydrogen) atoms. The second-order valence-corrected chi connectivity index (χ2v) is 8.85. The first kappa shape index (κ1) is 22.7. The summed E-state index contributed by atoms with van der Waals surface area (Å²) in [7, 11) is 0. The standard InChI is InChI=1S/C29H30N2O2/c1-21-11-10-12-25(22(21)2)28(33)31-24-16-14-23(15-17-24)27(32)29(18-7-5-8-19-29)26-13-6-3-4-9-20-30-26/h3-4,6,9-17,20H,5,7-8,18-19H2,1-2H3,(H,31,33). The molecule has 0 radical (unpaired) electrons. The van der Waals surface area contributed by atoms with Crippen LogP contribution in [0.15, 0.2) is 84.0 Å². The first-order valence-corrected chi connectivity index (χ1v) is 11.6. The van der Waals surface area contributed by atoms with Crippen LogP contribution in [0.2, 0.25) is 0 Å². The van der Waals surface area contributed by atoms with Gasteiger partial charge < -0.3 is 5.32 Å². The predicted octanol–water partition coefficient (Wildman–Crippen LogP) is 6.77. The molecule has 0 aromatic heterocycles. The Labute approximate surface area is 195 Å². The van der Waals surface area contributed by atoms with Crippen LogP contribution < -0.4 is 5.32 Å². The smallest absolute Gasteiger partial charge is 0.255 e. The predicted molar refractivity (Wildman–Crippen MR) is 135 cm³/mol. The van der Waals surface area contributed by atoms with Crippen molar-refractivity contribution in [3.05, 3.63) is 101 Å². The molecular weight excluding hydrogens is 408 g/mol. The Bertz CT molecular complexity index is 1160. The summed E-state index contributed by atoms with van der Waals surface area (Å²) in [6, 6.07) is 13.0. The second-order valence-electron chi connectivity index (χ2n) is 8.85. The molecule has 1 heterocycles. The van der Waals surface area contributed by atoms with Gasteiger partial charge in [-0.25, -0.2) is 0 Å². The molecule has 1 fully saturated rings. The Kier molecular flexibility index (Phi) is 6.83. The molecule has 4 heteroatoms. The van der Waals surface area contributed by atoms with Gasteiger partial charge in [-0.3, -0.25) is 14.6 Å². The number of benzene rings is 2. The van der Waals surface area contributed by atoms with Crippen molar-refractivity contribution in [1.82, 2.24) is 0 Å². The van der Waals surface area contributed by atoms with Gasteiger partial charge in [-0.2, -0.15) is 0 Å². The van der Waals surface area contributed by atoms with E-state index in [-0.39, 0.29) is 11.7 Å². The molecule has 0 unspecified atom stereocenters. The fourth-order valence-electron chi connectivity index (χ4n) is 4.71. The van der Waals surface area contributed by atoms with Crippen LogP contribution in [0.25, 0.3) is 0 Å². The van der Waals surface area contributed by atoms with E-state index in [0.29, 0.717) is 16.8 Å². The second kappa shape index (κ2) is 9.95. The van der Waals surface area contributed by atoms with Crippen molar-refractivity contribution in [2.75, 3.05) is 5.32 Å². The fraction of sp³-hybridized carbons (Fsp3) is 0.276. The number of nitrogens with zero attached hydrogens (tertiary/aromatic N) is 1. The van der Waals surface area contributed by atoms with E-state index >= 15 is 0 Å². The van der Waals surface area contributed by atoms with Crippen molar-refractivity contribution in [1.29, 1.82) is 0 Å². The summed E-state index contributed by atoms with van der Waals surface area (Å²) in [4.78, 5) is 31.2. The van der Waals surface area contributed by atoms with Crippen LogP contribution in [-0.4, -0.2) is 17.4 Å². The van der Waals surface area contributed by atoms with Crippen molar-refractivity contribution in [2.45, 2.75) is 46.0 Å². The number of aliphatic imine (C=N–C) groups is 1. The quantitative estimate of drug-likeness (QED) is 0.524. The summed E-state index contributed by atoms with van der Waals surface area (Å²) in [6.07, 6.45) is 16.3. The maximum Gasteiger partial charge on any atom is 0.255 e. The first-order chi connectivity index (χ1) is 16.0. The number of carbonyl (C=O) groups excluding carboxylic acids is 2. The summed E-state index contributed by atoms with van der Waals surface area (Å²) in [5.41, 5.74) is 4.27. The molecule has 1 amide bonds. The Balaban J connectivity index is 1.57. The Morgan fingerprint density at radius 1 is 0.879 bits per heavy atom. The number of anilines is 1. The third-order valence-electron chi connectivity index (χ3n) is 6.77. The van der Waals surface area contributed by atoms with Crippen LogP contribution in [0.3, 0.4) is 0 Å². The summed E-state index contributed by atoms with van der Waals surface area (Å²) >= 11 is 0. The van der Waals surface area contributed by atoms with Gasteiger partial charge in [-0.05, 0) is 80.3 Å². The van der Waals surface area contributed by atoms with Gasteiger partial charge in [-0.15, -0.1) is 0 Å². The molecule has 168 valence electrons. The molecule has 0 saturated heterocycles. The zero-order valence-electron chi connectivity index (χ0n) is 19.3. The summed E-state index contributed by atoms with van der Waals surface area (Å²) in [5.74, 6) is -0.0381. The largest absolute Gasteiger partial charge is 0.322 e. The normalized spacial score (nSPS) is 17.1. The number of amides is 1. The number of Topliss-reactive ketones (excluding diaryl/α,β-unsaturated/α-hetero) is 1. The molecule has 1 saturated carbocycles. The minimum Gasteiger partial charge on any atom is -0.322 e. The Hall–Kier alpha value is -3.53. The van der Waals surface area contributed by atoms with E-state index in [1.807, 2.05) is 86.7 Å². The van der Waals surface area contributed by atoms with Gasteiger partial charge in [0.05, 0.1) is 11.1 Å². The number of allylic oxidation sites excluding steroid dienone is 5. The molecule has 2 aromatic rings. The van der Waals surface area contributed by atoms with E-state index in [1.165, 1.54) is 0 Å². The SMILES string of the molecule is Cc1cccc(C(=O)Nc2ccc(C(=O)C3(C4=NC=CC=CC=C4)CCCCC3)cc2)c1C. The van der Waals surface area contributed by atoms with E-state index < -0.39 is 5.41 Å². The van der Waals surface area contributed by atoms with Crippen molar-refractivity contribution in [2.24, 2.45) is 10.4 Å². The van der Waals surface area contributed by atoms with Gasteiger partial charge >= 0.3 is 0 Å². The molecule has 0 atom stereocenters. The molecule has 0 bridgehead atoms. The summed E-state index contributed by atoms with van der Waals surface area (Å²) in [5, 5.41) is 2.96. The van der Waals surface area contributed by atoms with Crippen molar-refractivity contribution in [3.63, 3.8) is 0 Å². The molecule has 2 aromatic carbocycles. The zero-order valence-corrected chi connectivity index (χ0v) is 19.3. The molecule has 1 aliphatic carbocycles. The number of rotatable bonds is 5. The number of hydrogen-bond acceptors (Lipinski definition) is 3. The third kappa shape index (κ3) is 4.80. The van der Waals surface area contributed by atoms with Gasteiger partial charge in [-0.1, -0.05) is 49.6 Å². The van der Waals surface area contributed by atoms with E-state index in [9.17, 15) is 9.59 Å². The first-order valence-electron chi connectivity index (χ1n) is 11.6. The van der Waals surface area contributed by atoms with Crippen molar-refractivity contribution < 1.29 is 9.59 Å². The molecule has 4 rings (SSSR count). The highest BCUT2D eigenvalue weighted by molar-refractivity contribution is 6.20. The van der Waals surface area contributed by atoms with Gasteiger partial charge in [0.15, 0.2) is 5.78 Å². The average molecular weight is 439 g/mol. The maximum atomic E-state index is 13.8. The minimum atomic E-state index is -0.603. The molecule has 2 aliphatic rings. The van der Waals surface area contributed by atoms with Crippen LogP contribution in [0, 0.1) is 19.3 Å². The summed E-state index contributed by atoms with van der Waals surface area (Å²) in [6.45, 7) is 3.95. The fourth-order valence-corrected chi connectivity index (χ4v) is 4.71. The van der Waals surface area contributed by atoms with Gasteiger partial charge in [0.25, 0.3) is 5.91 Å². The average Bonchev–Trinajstić information content (AvgIpc) is 2.81. The number of carbonyl (C=O) groups is 2. The summed E-state index contributed by atoms with van der Waals surface area (Å²) < 4.78 is 0. The number of aryl methyl sites for hydroxylation is 1. The monoisotopic (exact) mass is 438 g/mol. The topological polar surface area (TPSA) is 58.5 Å². The van der Waals surface area contributed by atoms with E-state index in [1.54, 1.807) is 6.20 Å². The molecule has 1 aliphatic heterocycles. The lowest BCUT2D eigenvalue weighted by atomic mass is 9.66. The highest BCUT2D eigenvalue weighted by Crippen LogP contribution is 2.41. The van der Waals surface area contributed by atoms with Crippen LogP contribution >= 0.6 is 0 Å². The van der Waals surface area contributed by atoms with E-state index in [0.717, 1.165) is 48.9 Å². The van der Waals surface area contributed by atoms with Crippen LogP contribution in [0.5, 0.6) is 0 Å². The van der Waals surface area contributed by atoms with Gasteiger partial charge in [0, 0.05) is 23.0 Å². The van der Waals surface area contributed by atoms with Gasteiger partial charge in [0.2, 0.25) is 0 Å². The lowest BCUT2D eigenvalue weighted by molar-refractivity contribution is 0.0827. The molecule has 4 nitrogen and oxygen atoms in total. The molecule has 0 spiro atoms. The minimum absolute atomic E-state index is 0.107. The van der Waals surface area contributed by atoms with E-state index in [2.05, 4.69) is 10.3 Å². The lowest BCUT2D eigenvalue weighted by Gasteiger charge is -2.36. The number of nitrogens with one attached hydrogen (secondary N) is 1. The van der Waals surface area contributed by atoms with Crippen LogP contribution in [0.4, 0.5) is 5.69 Å². The van der Waals surface area contributed by atoms with Crippen LogP contribution in [0.1, 0.15) is 63.9 Å². The Morgan fingerprint density at radius 3 is 2.36 bits per heavy atom. The molecule has 1 N–H and O–H groups in total. The van der Waals surface area contributed by atoms with Crippen LogP contribution in [-0.2, 0) is 0 Å². The number of ketones is 1. The lowest BCUT2D eigenvalue weighted by Crippen LogP contribution is -2.40. The Morgan fingerprint density at radius 2 is 1.61 bits per heavy atom. The zero-order chi connectivity index (χ0) is 23.3.